The number of carbonyl (C=O) groups excluding carboxylic acids is 1. The Hall–Kier alpha value is -1.65. The number of rotatable bonds is 2. The molecule has 25 heavy (non-hydrogen) atoms. The second-order valence-electron chi connectivity index (χ2n) is 6.18. The third kappa shape index (κ3) is 3.38. The molecule has 3 rings (SSSR count). The maximum atomic E-state index is 12.8. The van der Waals surface area contributed by atoms with E-state index in [9.17, 15) is 26.4 Å². The van der Waals surface area contributed by atoms with E-state index in [-0.39, 0.29) is 37.1 Å². The lowest BCUT2D eigenvalue weighted by Crippen LogP contribution is -2.45. The highest BCUT2D eigenvalue weighted by atomic mass is 32.2. The van der Waals surface area contributed by atoms with Crippen LogP contribution >= 0.6 is 0 Å². The van der Waals surface area contributed by atoms with Crippen LogP contribution in [0.25, 0.3) is 0 Å². The Morgan fingerprint density at radius 3 is 2.36 bits per heavy atom. The number of hydrogen-bond acceptors (Lipinski definition) is 4. The smallest absolute Gasteiger partial charge is 0.378 e. The van der Waals surface area contributed by atoms with Crippen molar-refractivity contribution in [1.29, 1.82) is 0 Å². The molecule has 10 heteroatoms. The van der Waals surface area contributed by atoms with Crippen LogP contribution in [0.3, 0.4) is 0 Å². The molecular formula is C15H17F3N2O4S. The summed E-state index contributed by atoms with van der Waals surface area (Å²) in [5.41, 5.74) is -0.914. The lowest BCUT2D eigenvalue weighted by Gasteiger charge is -2.28. The van der Waals surface area contributed by atoms with E-state index in [0.29, 0.717) is 0 Å². The van der Waals surface area contributed by atoms with Gasteiger partial charge in [-0.1, -0.05) is 0 Å². The molecule has 6 nitrogen and oxygen atoms in total. The first kappa shape index (κ1) is 18.2. The Kier molecular flexibility index (Phi) is 4.54. The highest BCUT2D eigenvalue weighted by Crippen LogP contribution is 2.31. The van der Waals surface area contributed by atoms with Gasteiger partial charge in [0.1, 0.15) is 0 Å². The van der Waals surface area contributed by atoms with Crippen LogP contribution in [0.4, 0.5) is 13.2 Å². The summed E-state index contributed by atoms with van der Waals surface area (Å²) in [6.45, 7) is 0.335. The van der Waals surface area contributed by atoms with Gasteiger partial charge >= 0.3 is 6.18 Å². The van der Waals surface area contributed by atoms with Gasteiger partial charge in [0.2, 0.25) is 15.9 Å². The first-order valence-electron chi connectivity index (χ1n) is 7.62. The number of carbonyl (C=O) groups is 1. The van der Waals surface area contributed by atoms with Crippen LogP contribution in [-0.4, -0.2) is 62.9 Å². The summed E-state index contributed by atoms with van der Waals surface area (Å²) in [5.74, 6) is -0.811. The van der Waals surface area contributed by atoms with Gasteiger partial charge in [0.15, 0.2) is 0 Å². The summed E-state index contributed by atoms with van der Waals surface area (Å²) in [7, 11) is -2.40. The summed E-state index contributed by atoms with van der Waals surface area (Å²) >= 11 is 0. The maximum Gasteiger partial charge on any atom is 0.416 e. The van der Waals surface area contributed by atoms with E-state index >= 15 is 0 Å². The van der Waals surface area contributed by atoms with Crippen molar-refractivity contribution in [1.82, 2.24) is 9.21 Å². The van der Waals surface area contributed by atoms with Crippen LogP contribution in [-0.2, 0) is 25.7 Å². The van der Waals surface area contributed by atoms with Gasteiger partial charge in [0.05, 0.1) is 35.6 Å². The van der Waals surface area contributed by atoms with Gasteiger partial charge in [0.25, 0.3) is 0 Å². The number of likely N-dealkylation sites (N-methyl/N-ethyl adjacent to an activating group) is 1. The molecule has 0 N–H and O–H groups in total. The van der Waals surface area contributed by atoms with Gasteiger partial charge in [-0.2, -0.15) is 17.5 Å². The van der Waals surface area contributed by atoms with Gasteiger partial charge < -0.3 is 9.64 Å². The molecule has 2 aliphatic heterocycles. The van der Waals surface area contributed by atoms with E-state index in [1.54, 1.807) is 7.05 Å². The number of amides is 1. The van der Waals surface area contributed by atoms with Crippen LogP contribution < -0.4 is 0 Å². The van der Waals surface area contributed by atoms with Crippen LogP contribution in [0, 0.1) is 5.92 Å². The third-order valence-electron chi connectivity index (χ3n) is 4.53. The predicted octanol–water partition coefficient (Wildman–Crippen LogP) is 1.18. The molecule has 0 saturated carbocycles. The number of alkyl halides is 3. The first-order chi connectivity index (χ1) is 11.6. The molecule has 0 spiro atoms. The number of fused-ring (bicyclic) bond motifs is 3. The molecular weight excluding hydrogens is 361 g/mol. The largest absolute Gasteiger partial charge is 0.416 e. The number of nitrogens with zero attached hydrogens (tertiary/aromatic N) is 2. The van der Waals surface area contributed by atoms with Gasteiger partial charge in [-0.15, -0.1) is 0 Å². The standard InChI is InChI=1S/C15H17F3N2O4S/c1-19-12-7-20(6-10(14(19)21)8-24-9-12)25(22,23)13-4-2-11(3-5-13)15(16,17)18/h2-5,10,12H,6-9H2,1H3/t10-,12-/m0/s1. The van der Waals surface area contributed by atoms with Crippen molar-refractivity contribution in [2.75, 3.05) is 33.4 Å². The predicted molar refractivity (Wildman–Crippen MR) is 81.1 cm³/mol. The zero-order chi connectivity index (χ0) is 18.4. The number of ether oxygens (including phenoxy) is 1. The summed E-state index contributed by atoms with van der Waals surface area (Å²) in [5, 5.41) is 0. The van der Waals surface area contributed by atoms with Crippen molar-refractivity contribution in [3.8, 4) is 0 Å². The number of benzene rings is 1. The fourth-order valence-corrected chi connectivity index (χ4v) is 4.54. The van der Waals surface area contributed by atoms with E-state index in [1.807, 2.05) is 0 Å². The van der Waals surface area contributed by atoms with Gasteiger partial charge in [-0.3, -0.25) is 4.79 Å². The molecule has 2 heterocycles. The first-order valence-corrected chi connectivity index (χ1v) is 9.06. The zero-order valence-corrected chi connectivity index (χ0v) is 14.2. The lowest BCUT2D eigenvalue weighted by molar-refractivity contribution is -0.137. The van der Waals surface area contributed by atoms with E-state index in [2.05, 4.69) is 0 Å². The Balaban J connectivity index is 1.91. The van der Waals surface area contributed by atoms with Crippen molar-refractivity contribution in [2.24, 2.45) is 5.92 Å². The van der Waals surface area contributed by atoms with Crippen LogP contribution in [0.1, 0.15) is 5.56 Å². The molecule has 138 valence electrons. The van der Waals surface area contributed by atoms with Crippen molar-refractivity contribution in [3.05, 3.63) is 29.8 Å². The minimum Gasteiger partial charge on any atom is -0.378 e. The van der Waals surface area contributed by atoms with Gasteiger partial charge in [0, 0.05) is 20.1 Å². The summed E-state index contributed by atoms with van der Waals surface area (Å²) in [4.78, 5) is 13.6. The molecule has 2 aliphatic rings. The van der Waals surface area contributed by atoms with Crippen molar-refractivity contribution >= 4 is 15.9 Å². The Morgan fingerprint density at radius 1 is 1.12 bits per heavy atom. The molecule has 2 bridgehead atoms. The monoisotopic (exact) mass is 378 g/mol. The summed E-state index contributed by atoms with van der Waals surface area (Å²) < 4.78 is 70.2. The molecule has 0 radical (unpaired) electrons. The molecule has 2 fully saturated rings. The van der Waals surface area contributed by atoms with Crippen LogP contribution in [0.5, 0.6) is 0 Å². The number of hydrogen-bond donors (Lipinski definition) is 0. The topological polar surface area (TPSA) is 66.9 Å². The molecule has 1 aromatic rings. The Morgan fingerprint density at radius 2 is 1.76 bits per heavy atom. The molecule has 1 amide bonds. The summed E-state index contributed by atoms with van der Waals surface area (Å²) in [6.07, 6.45) is -4.53. The van der Waals surface area contributed by atoms with E-state index in [4.69, 9.17) is 4.74 Å². The minimum absolute atomic E-state index is 0.0437. The molecule has 0 aromatic heterocycles. The average Bonchev–Trinajstić information content (AvgIpc) is 2.72. The SMILES string of the molecule is CN1C(=O)[C@@H]2COC[C@@H]1CN(S(=O)(=O)c1ccc(C(F)(F)F)cc1)C2. The fourth-order valence-electron chi connectivity index (χ4n) is 3.02. The van der Waals surface area contributed by atoms with Crippen molar-refractivity contribution in [3.63, 3.8) is 0 Å². The quantitative estimate of drug-likeness (QED) is 0.775. The van der Waals surface area contributed by atoms with Crippen LogP contribution in [0.15, 0.2) is 29.2 Å². The van der Waals surface area contributed by atoms with Crippen LogP contribution in [0.2, 0.25) is 0 Å². The second-order valence-corrected chi connectivity index (χ2v) is 8.12. The maximum absolute atomic E-state index is 12.8. The lowest BCUT2D eigenvalue weighted by atomic mass is 10.1. The fraction of sp³-hybridized carbons (Fsp3) is 0.533. The molecule has 0 unspecified atom stereocenters. The third-order valence-corrected chi connectivity index (χ3v) is 6.38. The molecule has 2 saturated heterocycles. The van der Waals surface area contributed by atoms with Crippen molar-refractivity contribution < 1.29 is 31.1 Å². The highest BCUT2D eigenvalue weighted by molar-refractivity contribution is 7.89. The van der Waals surface area contributed by atoms with Crippen molar-refractivity contribution in [2.45, 2.75) is 17.1 Å². The van der Waals surface area contributed by atoms with E-state index in [1.165, 1.54) is 4.90 Å². The number of halogens is 3. The molecule has 2 atom stereocenters. The second kappa shape index (κ2) is 6.26. The average molecular weight is 378 g/mol. The van der Waals surface area contributed by atoms with Gasteiger partial charge in [-0.25, -0.2) is 8.42 Å². The van der Waals surface area contributed by atoms with Gasteiger partial charge in [-0.05, 0) is 24.3 Å². The highest BCUT2D eigenvalue weighted by Gasteiger charge is 2.41. The van der Waals surface area contributed by atoms with E-state index < -0.39 is 33.7 Å². The van der Waals surface area contributed by atoms with E-state index in [0.717, 1.165) is 28.6 Å². The normalized spacial score (nSPS) is 25.8. The molecule has 0 aliphatic carbocycles. The molecule has 1 aromatic carbocycles. The number of sulfonamides is 1. The summed E-state index contributed by atoms with van der Waals surface area (Å²) in [6, 6.07) is 2.95. The Labute approximate surface area is 143 Å². The minimum atomic E-state index is -4.53. The zero-order valence-electron chi connectivity index (χ0n) is 13.4. The Bertz CT molecular complexity index is 764.